The van der Waals surface area contributed by atoms with Crippen LogP contribution in [0.4, 0.5) is 11.5 Å². The molecule has 0 fully saturated rings. The smallest absolute Gasteiger partial charge is 0.386 e. The first-order chi connectivity index (χ1) is 6.56. The predicted octanol–water partition coefficient (Wildman–Crippen LogP) is 0.359. The van der Waals surface area contributed by atoms with Gasteiger partial charge in [0.25, 0.3) is 0 Å². The van der Waals surface area contributed by atoms with Crippen molar-refractivity contribution in [1.82, 2.24) is 4.98 Å². The maximum Gasteiger partial charge on any atom is 0.386 e. The van der Waals surface area contributed by atoms with Crippen LogP contribution in [0.2, 0.25) is 0 Å². The van der Waals surface area contributed by atoms with E-state index in [1.54, 1.807) is 0 Å². The Bertz CT molecular complexity index is 391. The molecule has 0 spiro atoms. The van der Waals surface area contributed by atoms with Crippen LogP contribution in [0.1, 0.15) is 10.4 Å². The second-order valence-corrected chi connectivity index (χ2v) is 2.39. The molecule has 7 heteroatoms. The first kappa shape index (κ1) is 9.90. The molecule has 1 heterocycles. The maximum atomic E-state index is 11.0. The number of nitrogen functional groups attached to an aromatic ring is 1. The molecule has 0 radical (unpaired) electrons. The average molecular weight is 197 g/mol. The third-order valence-electron chi connectivity index (χ3n) is 1.49. The van der Waals surface area contributed by atoms with Crippen molar-refractivity contribution in [3.8, 4) is 0 Å². The molecule has 0 aliphatic heterocycles. The number of pyridine rings is 1. The van der Waals surface area contributed by atoms with Gasteiger partial charge in [-0.1, -0.05) is 0 Å². The molecular weight excluding hydrogens is 190 g/mol. The van der Waals surface area contributed by atoms with Crippen LogP contribution in [0.5, 0.6) is 0 Å². The zero-order chi connectivity index (χ0) is 10.7. The molecule has 0 bridgehead atoms. The molecule has 2 N–H and O–H groups in total. The van der Waals surface area contributed by atoms with Crippen LogP contribution in [0.15, 0.2) is 12.3 Å². The van der Waals surface area contributed by atoms with E-state index in [1.807, 2.05) is 0 Å². The Morgan fingerprint density at radius 1 is 1.71 bits per heavy atom. The maximum absolute atomic E-state index is 11.0. The standard InChI is InChI=1S/C7H7N3O4/c1-14-7(11)4-2-5(8)6(9-3-4)10(12)13/h2-3H,8H2,1H3. The van der Waals surface area contributed by atoms with Gasteiger partial charge in [-0.2, -0.15) is 0 Å². The summed E-state index contributed by atoms with van der Waals surface area (Å²) in [6.07, 6.45) is 1.04. The number of carbonyl (C=O) groups is 1. The SMILES string of the molecule is COC(=O)c1cnc([N+](=O)[O-])c(N)c1. The highest BCUT2D eigenvalue weighted by Gasteiger charge is 2.16. The summed E-state index contributed by atoms with van der Waals surface area (Å²) >= 11 is 0. The number of esters is 1. The van der Waals surface area contributed by atoms with Gasteiger partial charge < -0.3 is 20.6 Å². The van der Waals surface area contributed by atoms with Crippen LogP contribution < -0.4 is 5.73 Å². The van der Waals surface area contributed by atoms with E-state index >= 15 is 0 Å². The highest BCUT2D eigenvalue weighted by Crippen LogP contribution is 2.18. The van der Waals surface area contributed by atoms with Crippen molar-refractivity contribution in [3.63, 3.8) is 0 Å². The van der Waals surface area contributed by atoms with Gasteiger partial charge in [-0.15, -0.1) is 0 Å². The molecule has 0 aliphatic rings. The topological polar surface area (TPSA) is 108 Å². The molecule has 0 unspecified atom stereocenters. The summed E-state index contributed by atoms with van der Waals surface area (Å²) in [5.41, 5.74) is 5.21. The van der Waals surface area contributed by atoms with Gasteiger partial charge >= 0.3 is 11.8 Å². The largest absolute Gasteiger partial charge is 0.465 e. The van der Waals surface area contributed by atoms with Gasteiger partial charge in [-0.3, -0.25) is 0 Å². The van der Waals surface area contributed by atoms with Crippen molar-refractivity contribution in [1.29, 1.82) is 0 Å². The van der Waals surface area contributed by atoms with Crippen molar-refractivity contribution in [3.05, 3.63) is 27.9 Å². The highest BCUT2D eigenvalue weighted by atomic mass is 16.6. The first-order valence-corrected chi connectivity index (χ1v) is 3.54. The number of ether oxygens (including phenoxy) is 1. The number of rotatable bonds is 2. The Morgan fingerprint density at radius 3 is 2.79 bits per heavy atom. The monoisotopic (exact) mass is 197 g/mol. The van der Waals surface area contributed by atoms with Gasteiger partial charge in [-0.05, 0) is 16.0 Å². The van der Waals surface area contributed by atoms with Gasteiger partial charge in [0, 0.05) is 0 Å². The van der Waals surface area contributed by atoms with Crippen LogP contribution in [-0.4, -0.2) is 23.0 Å². The number of anilines is 1. The summed E-state index contributed by atoms with van der Waals surface area (Å²) in [5, 5.41) is 10.3. The number of nitrogens with two attached hydrogens (primary N) is 1. The van der Waals surface area contributed by atoms with E-state index in [-0.39, 0.29) is 11.3 Å². The lowest BCUT2D eigenvalue weighted by Crippen LogP contribution is -2.05. The first-order valence-electron chi connectivity index (χ1n) is 3.54. The third kappa shape index (κ3) is 1.76. The van der Waals surface area contributed by atoms with Crippen molar-refractivity contribution < 1.29 is 14.5 Å². The van der Waals surface area contributed by atoms with E-state index in [0.717, 1.165) is 12.3 Å². The van der Waals surface area contributed by atoms with Crippen molar-refractivity contribution in [2.24, 2.45) is 0 Å². The summed E-state index contributed by atoms with van der Waals surface area (Å²) in [6, 6.07) is 1.15. The summed E-state index contributed by atoms with van der Waals surface area (Å²) in [7, 11) is 1.19. The molecule has 0 saturated heterocycles. The fourth-order valence-electron chi connectivity index (χ4n) is 0.857. The highest BCUT2D eigenvalue weighted by molar-refractivity contribution is 5.90. The predicted molar refractivity (Wildman–Crippen MR) is 46.6 cm³/mol. The van der Waals surface area contributed by atoms with Gasteiger partial charge in [0.1, 0.15) is 11.3 Å². The van der Waals surface area contributed by atoms with E-state index in [0.29, 0.717) is 0 Å². The minimum Gasteiger partial charge on any atom is -0.465 e. The summed E-state index contributed by atoms with van der Waals surface area (Å²) in [6.45, 7) is 0. The van der Waals surface area contributed by atoms with E-state index in [4.69, 9.17) is 5.73 Å². The number of hydrogen-bond acceptors (Lipinski definition) is 6. The Kier molecular flexibility index (Phi) is 2.61. The number of hydrogen-bond donors (Lipinski definition) is 1. The van der Waals surface area contributed by atoms with Crippen molar-refractivity contribution in [2.45, 2.75) is 0 Å². The van der Waals surface area contributed by atoms with E-state index in [9.17, 15) is 14.9 Å². The van der Waals surface area contributed by atoms with Gasteiger partial charge in [0.15, 0.2) is 6.20 Å². The van der Waals surface area contributed by atoms with Gasteiger partial charge in [-0.25, -0.2) is 4.79 Å². The van der Waals surface area contributed by atoms with Crippen LogP contribution in [0.25, 0.3) is 0 Å². The van der Waals surface area contributed by atoms with Crippen LogP contribution in [0.3, 0.4) is 0 Å². The molecule has 0 saturated carbocycles. The quantitative estimate of drug-likeness (QED) is 0.416. The van der Waals surface area contributed by atoms with E-state index in [1.165, 1.54) is 7.11 Å². The molecule has 74 valence electrons. The van der Waals surface area contributed by atoms with E-state index < -0.39 is 16.7 Å². The lowest BCUT2D eigenvalue weighted by molar-refractivity contribution is -0.388. The Morgan fingerprint density at radius 2 is 2.36 bits per heavy atom. The molecule has 14 heavy (non-hydrogen) atoms. The second-order valence-electron chi connectivity index (χ2n) is 2.39. The molecule has 1 rings (SSSR count). The molecule has 0 aromatic carbocycles. The fourth-order valence-corrected chi connectivity index (χ4v) is 0.857. The minimum absolute atomic E-state index is 0.0793. The van der Waals surface area contributed by atoms with Gasteiger partial charge in [0.2, 0.25) is 0 Å². The minimum atomic E-state index is -0.726. The van der Waals surface area contributed by atoms with Crippen LogP contribution >= 0.6 is 0 Å². The lowest BCUT2D eigenvalue weighted by atomic mass is 10.2. The zero-order valence-electron chi connectivity index (χ0n) is 7.26. The Labute approximate surface area is 78.6 Å². The normalized spacial score (nSPS) is 9.50. The summed E-state index contributed by atoms with van der Waals surface area (Å²) in [4.78, 5) is 24.0. The summed E-state index contributed by atoms with van der Waals surface area (Å²) < 4.78 is 4.39. The molecule has 7 nitrogen and oxygen atoms in total. The second kappa shape index (κ2) is 3.69. The fraction of sp³-hybridized carbons (Fsp3) is 0.143. The number of aromatic nitrogens is 1. The molecular formula is C7H7N3O4. The number of nitro groups is 1. The van der Waals surface area contributed by atoms with Crippen LogP contribution in [-0.2, 0) is 4.74 Å². The molecule has 0 atom stereocenters. The zero-order valence-corrected chi connectivity index (χ0v) is 7.26. The average Bonchev–Trinajstić information content (AvgIpc) is 2.15. The molecule has 0 aliphatic carbocycles. The Hall–Kier alpha value is -2.18. The van der Waals surface area contributed by atoms with Gasteiger partial charge in [0.05, 0.1) is 7.11 Å². The van der Waals surface area contributed by atoms with Crippen LogP contribution in [0, 0.1) is 10.1 Å². The summed E-state index contributed by atoms with van der Waals surface area (Å²) in [5.74, 6) is -1.11. The molecule has 0 amide bonds. The van der Waals surface area contributed by atoms with Crippen molar-refractivity contribution in [2.75, 3.05) is 12.8 Å². The third-order valence-corrected chi connectivity index (χ3v) is 1.49. The molecule has 1 aromatic rings. The van der Waals surface area contributed by atoms with Crippen molar-refractivity contribution >= 4 is 17.5 Å². The number of nitrogens with zero attached hydrogens (tertiary/aromatic N) is 2. The number of methoxy groups -OCH3 is 1. The number of carbonyl (C=O) groups excluding carboxylic acids is 1. The molecule has 1 aromatic heterocycles. The van der Waals surface area contributed by atoms with E-state index in [2.05, 4.69) is 9.72 Å². The Balaban J connectivity index is 3.12. The lowest BCUT2D eigenvalue weighted by Gasteiger charge is -1.99.